The molecule has 0 radical (unpaired) electrons. The average Bonchev–Trinajstić information content (AvgIpc) is 3.04. The Morgan fingerprint density at radius 2 is 2.03 bits per heavy atom. The summed E-state index contributed by atoms with van der Waals surface area (Å²) in [6.45, 7) is 2.43. The van der Waals surface area contributed by atoms with Gasteiger partial charge in [-0.05, 0) is 24.1 Å². The number of nitro groups is 1. The summed E-state index contributed by atoms with van der Waals surface area (Å²) in [6, 6.07) is 13.7. The zero-order valence-corrected chi connectivity index (χ0v) is 17.5. The monoisotopic (exact) mass is 426 g/mol. The molecule has 1 aliphatic heterocycles. The molecule has 9 heteroatoms. The highest BCUT2D eigenvalue weighted by Crippen LogP contribution is 2.32. The number of methoxy groups -OCH3 is 1. The van der Waals surface area contributed by atoms with Gasteiger partial charge in [0.2, 0.25) is 5.91 Å². The quantitative estimate of drug-likeness (QED) is 0.357. The van der Waals surface area contributed by atoms with E-state index in [0.717, 1.165) is 24.2 Å². The molecule has 0 N–H and O–H groups in total. The Hall–Kier alpha value is -3.20. The van der Waals surface area contributed by atoms with Crippen LogP contribution in [-0.2, 0) is 11.3 Å². The number of hydrogen-bond acceptors (Lipinski definition) is 7. The number of nitro benzene ring substituents is 1. The smallest absolute Gasteiger partial charge is 0.270 e. The maximum Gasteiger partial charge on any atom is 0.270 e. The molecule has 30 heavy (non-hydrogen) atoms. The standard InChI is InChI=1S/C21H22N4O4S/c1-3-5-19-20(26)24(14-15-8-10-18(29-2)11-9-15)21(30-19)23-22-13-16-6-4-7-17(12-16)25(27)28/h4,6-13,19H,3,5,14H2,1-2H3/b22-13-,23-21-/t19-/m1/s1. The van der Waals surface area contributed by atoms with Crippen LogP contribution in [-0.4, -0.2) is 39.5 Å². The average molecular weight is 426 g/mol. The molecule has 2 aromatic rings. The lowest BCUT2D eigenvalue weighted by Gasteiger charge is -2.16. The fourth-order valence-electron chi connectivity index (χ4n) is 2.95. The normalized spacial score (nSPS) is 17.8. The third kappa shape index (κ3) is 5.24. The molecule has 0 saturated carbocycles. The van der Waals surface area contributed by atoms with Crippen LogP contribution >= 0.6 is 11.8 Å². The summed E-state index contributed by atoms with van der Waals surface area (Å²) in [7, 11) is 1.61. The molecule has 1 aliphatic rings. The van der Waals surface area contributed by atoms with E-state index in [1.54, 1.807) is 24.1 Å². The first-order valence-corrected chi connectivity index (χ1v) is 10.4. The van der Waals surface area contributed by atoms with E-state index in [0.29, 0.717) is 17.3 Å². The Morgan fingerprint density at radius 1 is 1.27 bits per heavy atom. The maximum atomic E-state index is 12.9. The molecule has 0 bridgehead atoms. The maximum absolute atomic E-state index is 12.9. The number of thioether (sulfide) groups is 1. The van der Waals surface area contributed by atoms with Crippen LogP contribution in [0.15, 0.2) is 58.7 Å². The fourth-order valence-corrected chi connectivity index (χ4v) is 4.17. The molecular weight excluding hydrogens is 404 g/mol. The molecule has 8 nitrogen and oxygen atoms in total. The summed E-state index contributed by atoms with van der Waals surface area (Å²) in [5.74, 6) is 0.766. The first-order chi connectivity index (χ1) is 14.5. The summed E-state index contributed by atoms with van der Waals surface area (Å²) < 4.78 is 5.18. The number of amidine groups is 1. The largest absolute Gasteiger partial charge is 0.497 e. The van der Waals surface area contributed by atoms with E-state index in [4.69, 9.17) is 4.74 Å². The van der Waals surface area contributed by atoms with Gasteiger partial charge in [0.15, 0.2) is 5.17 Å². The summed E-state index contributed by atoms with van der Waals surface area (Å²) in [4.78, 5) is 24.9. The van der Waals surface area contributed by atoms with E-state index in [1.807, 2.05) is 31.2 Å². The lowest BCUT2D eigenvalue weighted by atomic mass is 10.2. The van der Waals surface area contributed by atoms with Crippen molar-refractivity contribution in [3.63, 3.8) is 0 Å². The molecule has 0 aromatic heterocycles. The van der Waals surface area contributed by atoms with Crippen LogP contribution in [0.5, 0.6) is 5.75 Å². The van der Waals surface area contributed by atoms with Gasteiger partial charge in [-0.1, -0.05) is 49.4 Å². The Bertz CT molecular complexity index is 975. The van der Waals surface area contributed by atoms with Gasteiger partial charge in [-0.3, -0.25) is 19.8 Å². The lowest BCUT2D eigenvalue weighted by Crippen LogP contribution is -2.31. The van der Waals surface area contributed by atoms with Crippen LogP contribution in [0, 0.1) is 10.1 Å². The number of ether oxygens (including phenoxy) is 1. The SMILES string of the molecule is CCC[C@H]1S/C(=N\N=C/c2cccc([N+](=O)[O-])c2)N(Cc2ccc(OC)cc2)C1=O. The van der Waals surface area contributed by atoms with Crippen LogP contribution in [0.3, 0.4) is 0 Å². The molecular formula is C21H22N4O4S. The number of non-ortho nitro benzene ring substituents is 1. The highest BCUT2D eigenvalue weighted by atomic mass is 32.2. The Morgan fingerprint density at radius 3 is 2.70 bits per heavy atom. The third-order valence-corrected chi connectivity index (χ3v) is 5.74. The molecule has 0 spiro atoms. The number of benzene rings is 2. The molecule has 0 aliphatic carbocycles. The van der Waals surface area contributed by atoms with Gasteiger partial charge in [-0.25, -0.2) is 0 Å². The number of amides is 1. The molecule has 1 amide bonds. The van der Waals surface area contributed by atoms with Crippen molar-refractivity contribution in [3.05, 3.63) is 69.8 Å². The van der Waals surface area contributed by atoms with E-state index in [1.165, 1.54) is 30.1 Å². The van der Waals surface area contributed by atoms with Crippen LogP contribution in [0.1, 0.15) is 30.9 Å². The van der Waals surface area contributed by atoms with Crippen molar-refractivity contribution >= 4 is 34.7 Å². The van der Waals surface area contributed by atoms with Crippen molar-refractivity contribution < 1.29 is 14.5 Å². The number of carbonyl (C=O) groups is 1. The summed E-state index contributed by atoms with van der Waals surface area (Å²) in [5.41, 5.74) is 1.51. The predicted molar refractivity (Wildman–Crippen MR) is 118 cm³/mol. The van der Waals surface area contributed by atoms with Crippen molar-refractivity contribution in [2.75, 3.05) is 7.11 Å². The van der Waals surface area contributed by atoms with Crippen molar-refractivity contribution in [2.24, 2.45) is 10.2 Å². The van der Waals surface area contributed by atoms with E-state index in [9.17, 15) is 14.9 Å². The predicted octanol–water partition coefficient (Wildman–Crippen LogP) is 4.24. The lowest BCUT2D eigenvalue weighted by molar-refractivity contribution is -0.384. The molecule has 156 valence electrons. The molecule has 1 heterocycles. The number of rotatable bonds is 8. The third-order valence-electron chi connectivity index (χ3n) is 4.50. The minimum absolute atomic E-state index is 0.0128. The van der Waals surface area contributed by atoms with E-state index < -0.39 is 4.92 Å². The van der Waals surface area contributed by atoms with Crippen LogP contribution in [0.2, 0.25) is 0 Å². The minimum atomic E-state index is -0.458. The summed E-state index contributed by atoms with van der Waals surface area (Å²) in [5, 5.41) is 19.6. The molecule has 1 atom stereocenters. The van der Waals surface area contributed by atoms with E-state index in [-0.39, 0.29) is 16.8 Å². The Balaban J connectivity index is 1.80. The molecule has 2 aromatic carbocycles. The molecule has 0 unspecified atom stereocenters. The van der Waals surface area contributed by atoms with Gasteiger partial charge in [0.1, 0.15) is 5.75 Å². The second-order valence-corrected chi connectivity index (χ2v) is 7.82. The first kappa shape index (κ1) is 21.5. The molecule has 3 rings (SSSR count). The topological polar surface area (TPSA) is 97.4 Å². The van der Waals surface area contributed by atoms with Gasteiger partial charge >= 0.3 is 0 Å². The van der Waals surface area contributed by atoms with Gasteiger partial charge in [-0.15, -0.1) is 5.10 Å². The van der Waals surface area contributed by atoms with E-state index in [2.05, 4.69) is 10.2 Å². The fraction of sp³-hybridized carbons (Fsp3) is 0.286. The Kier molecular flexibility index (Phi) is 7.18. The van der Waals surface area contributed by atoms with Gasteiger partial charge in [0, 0.05) is 17.7 Å². The Labute approximate surface area is 178 Å². The minimum Gasteiger partial charge on any atom is -0.497 e. The van der Waals surface area contributed by atoms with Crippen LogP contribution in [0.4, 0.5) is 5.69 Å². The van der Waals surface area contributed by atoms with Gasteiger partial charge < -0.3 is 4.74 Å². The zero-order valence-electron chi connectivity index (χ0n) is 16.7. The molecule has 1 saturated heterocycles. The van der Waals surface area contributed by atoms with E-state index >= 15 is 0 Å². The van der Waals surface area contributed by atoms with Crippen molar-refractivity contribution in [1.29, 1.82) is 0 Å². The van der Waals surface area contributed by atoms with Crippen molar-refractivity contribution in [1.82, 2.24) is 4.90 Å². The highest BCUT2D eigenvalue weighted by Gasteiger charge is 2.37. The number of hydrogen-bond donors (Lipinski definition) is 0. The van der Waals surface area contributed by atoms with Gasteiger partial charge in [0.25, 0.3) is 5.69 Å². The molecule has 1 fully saturated rings. The summed E-state index contributed by atoms with van der Waals surface area (Å²) >= 11 is 1.40. The highest BCUT2D eigenvalue weighted by molar-refractivity contribution is 8.15. The zero-order chi connectivity index (χ0) is 21.5. The number of carbonyl (C=O) groups excluding carboxylic acids is 1. The van der Waals surface area contributed by atoms with Crippen LogP contribution in [0.25, 0.3) is 0 Å². The van der Waals surface area contributed by atoms with Gasteiger partial charge in [-0.2, -0.15) is 5.10 Å². The summed E-state index contributed by atoms with van der Waals surface area (Å²) in [6.07, 6.45) is 3.10. The van der Waals surface area contributed by atoms with Crippen LogP contribution < -0.4 is 4.74 Å². The van der Waals surface area contributed by atoms with Crippen molar-refractivity contribution in [2.45, 2.75) is 31.6 Å². The second kappa shape index (κ2) is 10.0. The number of nitrogens with zero attached hydrogens (tertiary/aromatic N) is 4. The van der Waals surface area contributed by atoms with Gasteiger partial charge in [0.05, 0.1) is 30.0 Å². The second-order valence-electron chi connectivity index (χ2n) is 6.65. The van der Waals surface area contributed by atoms with Crippen molar-refractivity contribution in [3.8, 4) is 5.75 Å². The first-order valence-electron chi connectivity index (χ1n) is 9.48.